The summed E-state index contributed by atoms with van der Waals surface area (Å²) < 4.78 is 31.5. The number of halogens is 2. The zero-order chi connectivity index (χ0) is 25.2. The van der Waals surface area contributed by atoms with Crippen molar-refractivity contribution in [1.29, 1.82) is 0 Å². The number of para-hydroxylation sites is 1. The van der Waals surface area contributed by atoms with Gasteiger partial charge in [-0.1, -0.05) is 54.6 Å². The second kappa shape index (κ2) is 8.10. The normalized spacial score (nSPS) is 25.4. The fourth-order valence-electron chi connectivity index (χ4n) is 6.63. The van der Waals surface area contributed by atoms with Crippen LogP contribution < -0.4 is 10.2 Å². The standard InChI is InChI=1S/C29H29F2N3O2/c1-28(17-24(35)32-2)21-10-3-4-12-23(21)34(27(28)36)19-13-15-33(16-14-19)26-20-9-5-7-18-8-6-11-22(25(18)20)29(26,30)31/h3-12,19,26H,13-17H2,1-2H3,(H,32,35)/t26?,28-/m1/s1. The smallest absolute Gasteiger partial charge is 0.293 e. The highest BCUT2D eigenvalue weighted by Crippen LogP contribution is 2.55. The van der Waals surface area contributed by atoms with Crippen LogP contribution in [0.15, 0.2) is 60.7 Å². The SMILES string of the molecule is CNC(=O)C[C@@]1(C)C(=O)N(C2CCN(C3c4cccc5cccc(c45)C3(F)F)CC2)c2ccccc21. The molecular formula is C29H29F2N3O2. The van der Waals surface area contributed by atoms with Crippen LogP contribution in [0.3, 0.4) is 0 Å². The molecule has 6 rings (SSSR count). The number of piperidine rings is 1. The lowest BCUT2D eigenvalue weighted by molar-refractivity contribution is -0.129. The first-order chi connectivity index (χ1) is 17.3. The topological polar surface area (TPSA) is 52.7 Å². The van der Waals surface area contributed by atoms with E-state index in [0.717, 1.165) is 16.6 Å². The van der Waals surface area contributed by atoms with E-state index in [-0.39, 0.29) is 29.8 Å². The quantitative estimate of drug-likeness (QED) is 0.568. The summed E-state index contributed by atoms with van der Waals surface area (Å²) in [6, 6.07) is 17.2. The number of rotatable bonds is 4. The highest BCUT2D eigenvalue weighted by molar-refractivity contribution is 6.10. The summed E-state index contributed by atoms with van der Waals surface area (Å²) in [4.78, 5) is 29.8. The molecule has 1 unspecified atom stereocenters. The van der Waals surface area contributed by atoms with Crippen LogP contribution in [0, 0.1) is 0 Å². The number of nitrogens with zero attached hydrogens (tertiary/aromatic N) is 2. The van der Waals surface area contributed by atoms with Crippen LogP contribution in [-0.2, 0) is 20.9 Å². The Balaban J connectivity index is 1.27. The second-order valence-electron chi connectivity index (χ2n) is 10.4. The first-order valence-electron chi connectivity index (χ1n) is 12.5. The molecule has 1 fully saturated rings. The lowest BCUT2D eigenvalue weighted by atomic mass is 9.80. The molecule has 3 aliphatic rings. The maximum Gasteiger partial charge on any atom is 0.293 e. The van der Waals surface area contributed by atoms with Crippen molar-refractivity contribution in [2.75, 3.05) is 25.0 Å². The van der Waals surface area contributed by atoms with Crippen LogP contribution in [-0.4, -0.2) is 42.9 Å². The zero-order valence-electron chi connectivity index (χ0n) is 20.4. The minimum atomic E-state index is -2.97. The van der Waals surface area contributed by atoms with Gasteiger partial charge in [0.15, 0.2) is 0 Å². The second-order valence-corrected chi connectivity index (χ2v) is 10.4. The van der Waals surface area contributed by atoms with E-state index in [9.17, 15) is 9.59 Å². The fraction of sp³-hybridized carbons (Fsp3) is 0.379. The Morgan fingerprint density at radius 2 is 1.67 bits per heavy atom. The van der Waals surface area contributed by atoms with Gasteiger partial charge >= 0.3 is 0 Å². The average molecular weight is 490 g/mol. The average Bonchev–Trinajstić information content (AvgIpc) is 3.25. The zero-order valence-corrected chi connectivity index (χ0v) is 20.4. The Kier molecular flexibility index (Phi) is 5.20. The monoisotopic (exact) mass is 489 g/mol. The first-order valence-corrected chi connectivity index (χ1v) is 12.5. The van der Waals surface area contributed by atoms with E-state index in [2.05, 4.69) is 5.32 Å². The minimum Gasteiger partial charge on any atom is -0.359 e. The molecule has 1 N–H and O–H groups in total. The van der Waals surface area contributed by atoms with Crippen molar-refractivity contribution in [3.8, 4) is 0 Å². The lowest BCUT2D eigenvalue weighted by Crippen LogP contribution is -2.51. The fourth-order valence-corrected chi connectivity index (χ4v) is 6.63. The lowest BCUT2D eigenvalue weighted by Gasteiger charge is -2.41. The van der Waals surface area contributed by atoms with Crippen LogP contribution in [0.5, 0.6) is 0 Å². The van der Waals surface area contributed by atoms with E-state index < -0.39 is 17.4 Å². The van der Waals surface area contributed by atoms with Crippen LogP contribution in [0.25, 0.3) is 10.8 Å². The third kappa shape index (κ3) is 3.15. The van der Waals surface area contributed by atoms with Gasteiger partial charge in [0.1, 0.15) is 6.04 Å². The Morgan fingerprint density at radius 3 is 2.39 bits per heavy atom. The minimum absolute atomic E-state index is 0.0747. The van der Waals surface area contributed by atoms with Crippen LogP contribution >= 0.6 is 0 Å². The highest BCUT2D eigenvalue weighted by Gasteiger charge is 2.54. The van der Waals surface area contributed by atoms with Gasteiger partial charge in [-0.2, -0.15) is 8.78 Å². The van der Waals surface area contributed by atoms with Crippen molar-refractivity contribution in [1.82, 2.24) is 10.2 Å². The molecule has 36 heavy (non-hydrogen) atoms. The van der Waals surface area contributed by atoms with Crippen molar-refractivity contribution < 1.29 is 18.4 Å². The number of hydrogen-bond acceptors (Lipinski definition) is 3. The maximum atomic E-state index is 15.7. The Bertz CT molecular complexity index is 1380. The van der Waals surface area contributed by atoms with Crippen molar-refractivity contribution in [2.45, 2.75) is 49.6 Å². The van der Waals surface area contributed by atoms with E-state index in [4.69, 9.17) is 0 Å². The molecule has 1 aliphatic carbocycles. The van der Waals surface area contributed by atoms with Crippen LogP contribution in [0.4, 0.5) is 14.5 Å². The molecule has 0 radical (unpaired) electrons. The Hall–Kier alpha value is -3.32. The highest BCUT2D eigenvalue weighted by atomic mass is 19.3. The largest absolute Gasteiger partial charge is 0.359 e. The number of benzene rings is 3. The summed E-state index contributed by atoms with van der Waals surface area (Å²) in [5, 5.41) is 4.15. The van der Waals surface area contributed by atoms with Gasteiger partial charge in [0.05, 0.1) is 5.41 Å². The van der Waals surface area contributed by atoms with E-state index in [1.54, 1.807) is 19.2 Å². The molecule has 2 aliphatic heterocycles. The molecule has 2 amide bonds. The van der Waals surface area contributed by atoms with Gasteiger partial charge in [-0.05, 0) is 47.7 Å². The summed E-state index contributed by atoms with van der Waals surface area (Å²) in [6.07, 6.45) is 1.26. The number of anilines is 1. The first kappa shape index (κ1) is 23.1. The molecule has 2 heterocycles. The van der Waals surface area contributed by atoms with E-state index in [0.29, 0.717) is 36.9 Å². The molecule has 3 aromatic rings. The number of carbonyl (C=O) groups is 2. The molecular weight excluding hydrogens is 460 g/mol. The Morgan fingerprint density at radius 1 is 1.00 bits per heavy atom. The number of likely N-dealkylation sites (tertiary alicyclic amines) is 1. The molecule has 186 valence electrons. The third-order valence-electron chi connectivity index (χ3n) is 8.41. The molecule has 0 spiro atoms. The third-order valence-corrected chi connectivity index (χ3v) is 8.41. The summed E-state index contributed by atoms with van der Waals surface area (Å²) in [7, 11) is 1.57. The van der Waals surface area contributed by atoms with Crippen molar-refractivity contribution >= 4 is 28.3 Å². The van der Waals surface area contributed by atoms with Crippen LogP contribution in [0.2, 0.25) is 0 Å². The molecule has 0 saturated carbocycles. The predicted molar refractivity (Wildman–Crippen MR) is 135 cm³/mol. The summed E-state index contributed by atoms with van der Waals surface area (Å²) in [5.74, 6) is -3.25. The number of hydrogen-bond donors (Lipinski definition) is 1. The van der Waals surface area contributed by atoms with E-state index in [1.807, 2.05) is 65.3 Å². The number of nitrogens with one attached hydrogen (secondary N) is 1. The van der Waals surface area contributed by atoms with Crippen molar-refractivity contribution in [2.24, 2.45) is 0 Å². The number of carbonyl (C=O) groups excluding carboxylic acids is 2. The van der Waals surface area contributed by atoms with E-state index in [1.165, 1.54) is 0 Å². The van der Waals surface area contributed by atoms with Gasteiger partial charge in [0.2, 0.25) is 11.8 Å². The molecule has 0 bridgehead atoms. The van der Waals surface area contributed by atoms with Gasteiger partial charge in [-0.3, -0.25) is 14.5 Å². The van der Waals surface area contributed by atoms with Gasteiger partial charge < -0.3 is 10.2 Å². The molecule has 5 nitrogen and oxygen atoms in total. The molecule has 0 aromatic heterocycles. The van der Waals surface area contributed by atoms with Gasteiger partial charge in [0.25, 0.3) is 5.92 Å². The van der Waals surface area contributed by atoms with Crippen LogP contribution in [0.1, 0.15) is 48.9 Å². The number of amides is 2. The summed E-state index contributed by atoms with van der Waals surface area (Å²) in [6.45, 7) is 2.76. The molecule has 2 atom stereocenters. The van der Waals surface area contributed by atoms with E-state index >= 15 is 8.78 Å². The van der Waals surface area contributed by atoms with Gasteiger partial charge in [0, 0.05) is 43.9 Å². The van der Waals surface area contributed by atoms with Crippen molar-refractivity contribution in [3.05, 3.63) is 77.4 Å². The van der Waals surface area contributed by atoms with Gasteiger partial charge in [-0.15, -0.1) is 0 Å². The van der Waals surface area contributed by atoms with Gasteiger partial charge in [-0.25, -0.2) is 0 Å². The number of fused-ring (bicyclic) bond motifs is 1. The Labute approximate surface area is 209 Å². The summed E-state index contributed by atoms with van der Waals surface area (Å²) in [5.41, 5.74) is 1.54. The number of alkyl halides is 2. The van der Waals surface area contributed by atoms with Crippen molar-refractivity contribution in [3.63, 3.8) is 0 Å². The molecule has 3 aromatic carbocycles. The molecule has 1 saturated heterocycles. The molecule has 7 heteroatoms. The maximum absolute atomic E-state index is 15.7. The predicted octanol–water partition coefficient (Wildman–Crippen LogP) is 4.89. The summed E-state index contributed by atoms with van der Waals surface area (Å²) >= 11 is 0.